The quantitative estimate of drug-likeness (QED) is 0.361. The van der Waals surface area contributed by atoms with Gasteiger partial charge < -0.3 is 19.0 Å². The van der Waals surface area contributed by atoms with Gasteiger partial charge in [0.1, 0.15) is 12.4 Å². The summed E-state index contributed by atoms with van der Waals surface area (Å²) in [6, 6.07) is 11.4. The Labute approximate surface area is 160 Å². The molecule has 0 aliphatic carbocycles. The van der Waals surface area contributed by atoms with E-state index in [1.165, 1.54) is 11.3 Å². The van der Waals surface area contributed by atoms with E-state index in [0.29, 0.717) is 16.5 Å². The molecule has 0 saturated carbocycles. The van der Waals surface area contributed by atoms with Crippen LogP contribution in [0.2, 0.25) is 0 Å². The third-order valence-corrected chi connectivity index (χ3v) is 5.97. The summed E-state index contributed by atoms with van der Waals surface area (Å²) in [6.45, 7) is 0.469. The molecule has 0 bridgehead atoms. The predicted molar refractivity (Wildman–Crippen MR) is 110 cm³/mol. The van der Waals surface area contributed by atoms with E-state index in [-0.39, 0.29) is 24.6 Å². The molecular weight excluding hydrogens is 391 g/mol. The molecular formula is C18H19O5PS2. The Morgan fingerprint density at radius 1 is 1.15 bits per heavy atom. The van der Waals surface area contributed by atoms with Crippen LogP contribution in [0.3, 0.4) is 0 Å². The minimum absolute atomic E-state index is 0.0147. The normalized spacial score (nSPS) is 12.2. The van der Waals surface area contributed by atoms with Gasteiger partial charge in [-0.1, -0.05) is 26.0 Å². The summed E-state index contributed by atoms with van der Waals surface area (Å²) < 4.78 is 12.3. The topological polar surface area (TPSA) is 76.0 Å². The molecule has 8 heteroatoms. The highest BCUT2D eigenvalue weighted by Crippen LogP contribution is 2.37. The van der Waals surface area contributed by atoms with Crippen molar-refractivity contribution in [2.24, 2.45) is 0 Å². The minimum Gasteiger partial charge on any atom is -0.490 e. The van der Waals surface area contributed by atoms with Crippen LogP contribution in [0, 0.1) is 0 Å². The van der Waals surface area contributed by atoms with E-state index in [1.54, 1.807) is 0 Å². The van der Waals surface area contributed by atoms with Gasteiger partial charge in [-0.15, -0.1) is 11.3 Å². The van der Waals surface area contributed by atoms with E-state index in [9.17, 15) is 4.79 Å². The standard InChI is InChI=1S/C18H19O5PS2/c1-11(2)12-9-14-17(19)13-5-3-4-6-16(13)26-18(14)15(10-12)22-7-8-23-24(20,21)25/h3-6,9-11H,7-8H2,1-2H3,(H2,20,21,25). The summed E-state index contributed by atoms with van der Waals surface area (Å²) in [6.07, 6.45) is 0. The van der Waals surface area contributed by atoms with Crippen molar-refractivity contribution < 1.29 is 19.0 Å². The van der Waals surface area contributed by atoms with Crippen LogP contribution in [0.25, 0.3) is 20.2 Å². The van der Waals surface area contributed by atoms with Gasteiger partial charge in [0.05, 0.1) is 11.3 Å². The van der Waals surface area contributed by atoms with Crippen LogP contribution in [0.1, 0.15) is 25.3 Å². The first-order valence-corrected chi connectivity index (χ1v) is 11.5. The van der Waals surface area contributed by atoms with Crippen molar-refractivity contribution in [3.8, 4) is 5.75 Å². The van der Waals surface area contributed by atoms with Gasteiger partial charge in [-0.2, -0.15) is 0 Å². The predicted octanol–water partition coefficient (Wildman–Crippen LogP) is 4.14. The average molecular weight is 410 g/mol. The number of ether oxygens (including phenoxy) is 1. The van der Waals surface area contributed by atoms with Crippen LogP contribution in [-0.2, 0) is 16.3 Å². The van der Waals surface area contributed by atoms with Crippen LogP contribution in [0.5, 0.6) is 5.75 Å². The second-order valence-corrected chi connectivity index (χ2v) is 9.87. The maximum atomic E-state index is 12.9. The number of rotatable bonds is 6. The number of benzene rings is 2. The molecule has 138 valence electrons. The Balaban J connectivity index is 2.07. The average Bonchev–Trinajstić information content (AvgIpc) is 2.58. The number of hydrogen-bond donors (Lipinski definition) is 2. The van der Waals surface area contributed by atoms with Crippen LogP contribution in [0.4, 0.5) is 0 Å². The van der Waals surface area contributed by atoms with Crippen LogP contribution >= 0.6 is 18.1 Å². The zero-order chi connectivity index (χ0) is 18.9. The van der Waals surface area contributed by atoms with E-state index in [4.69, 9.17) is 19.0 Å². The maximum absolute atomic E-state index is 12.9. The Morgan fingerprint density at radius 2 is 1.88 bits per heavy atom. The minimum atomic E-state index is -3.69. The van der Waals surface area contributed by atoms with Crippen molar-refractivity contribution in [2.75, 3.05) is 13.2 Å². The fraction of sp³-hybridized carbons (Fsp3) is 0.278. The highest BCUT2D eigenvalue weighted by atomic mass is 32.5. The molecule has 0 amide bonds. The van der Waals surface area contributed by atoms with Gasteiger partial charge >= 0.3 is 6.72 Å². The first kappa shape index (κ1) is 19.4. The molecule has 0 saturated heterocycles. The summed E-state index contributed by atoms with van der Waals surface area (Å²) in [5.74, 6) is 0.821. The molecule has 0 aliphatic heterocycles. The van der Waals surface area contributed by atoms with Gasteiger partial charge in [-0.25, -0.2) is 0 Å². The molecule has 5 nitrogen and oxygen atoms in total. The largest absolute Gasteiger partial charge is 0.490 e. The molecule has 1 heterocycles. The van der Waals surface area contributed by atoms with Crippen molar-refractivity contribution in [3.63, 3.8) is 0 Å². The SMILES string of the molecule is CC(C)c1cc(OCCOP(O)(O)=S)c2sc3ccccc3c(=O)c2c1. The van der Waals surface area contributed by atoms with Crippen LogP contribution < -0.4 is 10.2 Å². The van der Waals surface area contributed by atoms with Gasteiger partial charge in [-0.3, -0.25) is 4.79 Å². The van der Waals surface area contributed by atoms with E-state index in [0.717, 1.165) is 15.0 Å². The second kappa shape index (κ2) is 7.72. The molecule has 0 spiro atoms. The molecule has 2 aromatic carbocycles. The molecule has 0 aliphatic rings. The van der Waals surface area contributed by atoms with Gasteiger partial charge in [0.15, 0.2) is 5.43 Å². The smallest absolute Gasteiger partial charge is 0.321 e. The summed E-state index contributed by atoms with van der Waals surface area (Å²) >= 11 is 5.92. The molecule has 0 radical (unpaired) electrons. The summed E-state index contributed by atoms with van der Waals surface area (Å²) in [4.78, 5) is 31.2. The van der Waals surface area contributed by atoms with Gasteiger partial charge in [0.25, 0.3) is 0 Å². The zero-order valence-electron chi connectivity index (χ0n) is 14.3. The molecule has 1 aromatic heterocycles. The monoisotopic (exact) mass is 410 g/mol. The molecule has 2 N–H and O–H groups in total. The zero-order valence-corrected chi connectivity index (χ0v) is 16.9. The Kier molecular flexibility index (Phi) is 5.77. The third kappa shape index (κ3) is 4.31. The fourth-order valence-corrected chi connectivity index (χ4v) is 4.30. The van der Waals surface area contributed by atoms with Crippen molar-refractivity contribution in [1.29, 1.82) is 0 Å². The summed E-state index contributed by atoms with van der Waals surface area (Å²) in [7, 11) is 0. The third-order valence-electron chi connectivity index (χ3n) is 3.93. The van der Waals surface area contributed by atoms with Crippen LogP contribution in [-0.4, -0.2) is 23.0 Å². The van der Waals surface area contributed by atoms with E-state index in [2.05, 4.69) is 25.7 Å². The first-order chi connectivity index (χ1) is 12.3. The van der Waals surface area contributed by atoms with Crippen LogP contribution in [0.15, 0.2) is 41.2 Å². The van der Waals surface area contributed by atoms with E-state index in [1.807, 2.05) is 36.4 Å². The number of hydrogen-bond acceptors (Lipinski definition) is 5. The molecule has 3 rings (SSSR count). The lowest BCUT2D eigenvalue weighted by Crippen LogP contribution is -2.08. The number of fused-ring (bicyclic) bond motifs is 2. The van der Waals surface area contributed by atoms with Crippen molar-refractivity contribution >= 4 is 50.0 Å². The Hall–Kier alpha value is -1.34. The molecule has 3 aromatic rings. The van der Waals surface area contributed by atoms with Gasteiger partial charge in [0.2, 0.25) is 0 Å². The highest BCUT2D eigenvalue weighted by molar-refractivity contribution is 8.06. The molecule has 26 heavy (non-hydrogen) atoms. The van der Waals surface area contributed by atoms with E-state index >= 15 is 0 Å². The maximum Gasteiger partial charge on any atom is 0.321 e. The molecule has 0 fully saturated rings. The van der Waals surface area contributed by atoms with E-state index < -0.39 is 6.72 Å². The lowest BCUT2D eigenvalue weighted by atomic mass is 10.0. The van der Waals surface area contributed by atoms with Gasteiger partial charge in [-0.05, 0) is 47.6 Å². The van der Waals surface area contributed by atoms with Crippen molar-refractivity contribution in [3.05, 3.63) is 52.2 Å². The van der Waals surface area contributed by atoms with Crippen molar-refractivity contribution in [1.82, 2.24) is 0 Å². The lowest BCUT2D eigenvalue weighted by Gasteiger charge is -2.14. The fourth-order valence-electron chi connectivity index (χ4n) is 2.64. The van der Waals surface area contributed by atoms with Gasteiger partial charge in [0, 0.05) is 15.5 Å². The molecule has 0 atom stereocenters. The first-order valence-electron chi connectivity index (χ1n) is 8.08. The summed E-state index contributed by atoms with van der Waals surface area (Å²) in [5, 5.41) is 1.33. The lowest BCUT2D eigenvalue weighted by molar-refractivity contribution is 0.193. The highest BCUT2D eigenvalue weighted by Gasteiger charge is 2.14. The second-order valence-electron chi connectivity index (χ2n) is 6.15. The Bertz CT molecular complexity index is 1050. The van der Waals surface area contributed by atoms with Crippen molar-refractivity contribution in [2.45, 2.75) is 19.8 Å². The Morgan fingerprint density at radius 3 is 2.58 bits per heavy atom. The molecule has 0 unspecified atom stereocenters. The summed E-state index contributed by atoms with van der Waals surface area (Å²) in [5.41, 5.74) is 0.988.